The number of aromatic nitrogens is 1. The molecule has 2 aliphatic heterocycles. The lowest BCUT2D eigenvalue weighted by Crippen LogP contribution is -2.47. The minimum absolute atomic E-state index is 0.0806. The number of carbonyl (C=O) groups excluding carboxylic acids is 1. The van der Waals surface area contributed by atoms with Gasteiger partial charge in [-0.05, 0) is 50.2 Å². The van der Waals surface area contributed by atoms with E-state index in [4.69, 9.17) is 11.6 Å². The topological polar surface area (TPSA) is 63.7 Å². The summed E-state index contributed by atoms with van der Waals surface area (Å²) in [7, 11) is 2.17. The number of anilines is 4. The maximum atomic E-state index is 11.7. The molecule has 2 aliphatic rings. The van der Waals surface area contributed by atoms with Crippen LogP contribution in [-0.4, -0.2) is 68.1 Å². The second-order valence-corrected chi connectivity index (χ2v) is 8.89. The van der Waals surface area contributed by atoms with Crippen LogP contribution >= 0.6 is 11.6 Å². The zero-order valence-electron chi connectivity index (χ0n) is 18.6. The van der Waals surface area contributed by atoms with E-state index < -0.39 is 0 Å². The molecule has 0 bridgehead atoms. The van der Waals surface area contributed by atoms with Crippen molar-refractivity contribution in [3.8, 4) is 0 Å². The molecule has 32 heavy (non-hydrogen) atoms. The molecule has 2 fully saturated rings. The summed E-state index contributed by atoms with van der Waals surface area (Å²) in [5.74, 6) is 0.606. The molecule has 2 saturated heterocycles. The van der Waals surface area contributed by atoms with Crippen LogP contribution < -0.4 is 20.4 Å². The Kier molecular flexibility index (Phi) is 7.17. The van der Waals surface area contributed by atoms with Crippen LogP contribution in [0.4, 0.5) is 22.9 Å². The molecule has 4 rings (SSSR count). The third-order valence-corrected chi connectivity index (χ3v) is 6.43. The molecule has 8 heteroatoms. The van der Waals surface area contributed by atoms with E-state index in [-0.39, 0.29) is 11.9 Å². The lowest BCUT2D eigenvalue weighted by atomic mass is 10.0. The van der Waals surface area contributed by atoms with Gasteiger partial charge in [-0.25, -0.2) is 4.98 Å². The molecular formula is C24H31ClN6O. The van der Waals surface area contributed by atoms with E-state index >= 15 is 0 Å². The van der Waals surface area contributed by atoms with Crippen LogP contribution in [0.2, 0.25) is 5.02 Å². The molecule has 0 unspecified atom stereocenters. The molecule has 0 radical (unpaired) electrons. The molecule has 3 heterocycles. The Morgan fingerprint density at radius 1 is 1.16 bits per heavy atom. The molecule has 7 nitrogen and oxygen atoms in total. The van der Waals surface area contributed by atoms with Gasteiger partial charge >= 0.3 is 0 Å². The first-order valence-corrected chi connectivity index (χ1v) is 11.5. The minimum Gasteiger partial charge on any atom is -0.369 e. The summed E-state index contributed by atoms with van der Waals surface area (Å²) < 4.78 is 0. The fourth-order valence-electron chi connectivity index (χ4n) is 4.28. The Balaban J connectivity index is 1.42. The van der Waals surface area contributed by atoms with Crippen LogP contribution in [0.25, 0.3) is 0 Å². The predicted octanol–water partition coefficient (Wildman–Crippen LogP) is 3.50. The van der Waals surface area contributed by atoms with Crippen molar-refractivity contribution in [2.45, 2.75) is 18.9 Å². The number of hydrogen-bond donors (Lipinski definition) is 2. The van der Waals surface area contributed by atoms with Gasteiger partial charge in [0.1, 0.15) is 5.82 Å². The molecule has 1 atom stereocenters. The van der Waals surface area contributed by atoms with Gasteiger partial charge in [0.25, 0.3) is 0 Å². The number of nitrogens with zero attached hydrogens (tertiary/aromatic N) is 4. The average Bonchev–Trinajstić information content (AvgIpc) is 2.81. The number of halogens is 1. The van der Waals surface area contributed by atoms with E-state index in [1.54, 1.807) is 6.20 Å². The molecular weight excluding hydrogens is 424 g/mol. The number of piperazine rings is 1. The quantitative estimate of drug-likeness (QED) is 0.651. The van der Waals surface area contributed by atoms with Gasteiger partial charge in [-0.15, -0.1) is 0 Å². The Labute approximate surface area is 195 Å². The summed E-state index contributed by atoms with van der Waals surface area (Å²) in [4.78, 5) is 23.1. The summed E-state index contributed by atoms with van der Waals surface area (Å²) in [6, 6.07) is 10.5. The smallest absolute Gasteiger partial charge is 0.243 e. The maximum absolute atomic E-state index is 11.7. The van der Waals surface area contributed by atoms with Gasteiger partial charge in [-0.2, -0.15) is 0 Å². The summed E-state index contributed by atoms with van der Waals surface area (Å²) in [5.41, 5.74) is 3.16. The number of pyridine rings is 1. The number of nitrogens with one attached hydrogen (secondary N) is 2. The number of piperidine rings is 1. The van der Waals surface area contributed by atoms with Gasteiger partial charge in [0.15, 0.2) is 0 Å². The highest BCUT2D eigenvalue weighted by Crippen LogP contribution is 2.31. The molecule has 170 valence electrons. The van der Waals surface area contributed by atoms with E-state index in [0.717, 1.165) is 62.8 Å². The largest absolute Gasteiger partial charge is 0.369 e. The van der Waals surface area contributed by atoms with Crippen molar-refractivity contribution < 1.29 is 4.79 Å². The normalized spacial score (nSPS) is 19.5. The van der Waals surface area contributed by atoms with Crippen LogP contribution in [-0.2, 0) is 4.79 Å². The zero-order valence-corrected chi connectivity index (χ0v) is 19.3. The summed E-state index contributed by atoms with van der Waals surface area (Å²) in [6.45, 7) is 9.42. The van der Waals surface area contributed by atoms with Crippen LogP contribution in [0, 0.1) is 0 Å². The molecule has 0 saturated carbocycles. The number of benzene rings is 1. The Hall–Kier alpha value is -2.77. The van der Waals surface area contributed by atoms with Crippen LogP contribution in [0.1, 0.15) is 12.8 Å². The minimum atomic E-state index is -0.139. The van der Waals surface area contributed by atoms with Gasteiger partial charge in [-0.3, -0.25) is 4.79 Å². The highest BCUT2D eigenvalue weighted by atomic mass is 35.5. The zero-order chi connectivity index (χ0) is 22.5. The molecule has 2 aromatic rings. The Morgan fingerprint density at radius 2 is 1.91 bits per heavy atom. The monoisotopic (exact) mass is 454 g/mol. The van der Waals surface area contributed by atoms with E-state index in [1.165, 1.54) is 11.8 Å². The van der Waals surface area contributed by atoms with E-state index in [0.29, 0.717) is 11.6 Å². The second-order valence-electron chi connectivity index (χ2n) is 8.48. The number of amides is 1. The Morgan fingerprint density at radius 3 is 2.62 bits per heavy atom. The number of hydrogen-bond acceptors (Lipinski definition) is 6. The fraction of sp³-hybridized carbons (Fsp3) is 0.417. The SMILES string of the molecule is C=CC(=O)N[C@@H]1CCCN(c2cc(Nc3ccc(N4CCN(C)CC4)cc3)ncc2Cl)C1. The van der Waals surface area contributed by atoms with E-state index in [1.807, 2.05) is 6.07 Å². The van der Waals surface area contributed by atoms with Crippen molar-refractivity contribution in [2.75, 3.05) is 61.4 Å². The highest BCUT2D eigenvalue weighted by molar-refractivity contribution is 6.33. The first kappa shape index (κ1) is 22.4. The third kappa shape index (κ3) is 5.53. The standard InChI is InChI=1S/C24H31ClN6O/c1-3-24(32)28-19-5-4-10-31(17-19)22-15-23(26-16-21(22)25)27-18-6-8-20(9-7-18)30-13-11-29(2)12-14-30/h3,6-9,15-16,19H,1,4-5,10-14,17H2,2H3,(H,26,27)(H,28,32)/t19-/m1/s1. The lowest BCUT2D eigenvalue weighted by molar-refractivity contribution is -0.117. The van der Waals surface area contributed by atoms with Crippen molar-refractivity contribution in [2.24, 2.45) is 0 Å². The van der Waals surface area contributed by atoms with Gasteiger partial charge in [0.05, 0.1) is 16.9 Å². The van der Waals surface area contributed by atoms with Crippen molar-refractivity contribution in [3.05, 3.63) is 54.2 Å². The van der Waals surface area contributed by atoms with Crippen molar-refractivity contribution in [1.82, 2.24) is 15.2 Å². The molecule has 0 spiro atoms. The van der Waals surface area contributed by atoms with Gasteiger partial charge in [0.2, 0.25) is 5.91 Å². The summed E-state index contributed by atoms with van der Waals surface area (Å²) in [5, 5.41) is 7.00. The average molecular weight is 455 g/mol. The summed E-state index contributed by atoms with van der Waals surface area (Å²) >= 11 is 6.49. The van der Waals surface area contributed by atoms with Crippen LogP contribution in [0.15, 0.2) is 49.2 Å². The number of carbonyl (C=O) groups is 1. The maximum Gasteiger partial charge on any atom is 0.243 e. The number of rotatable bonds is 6. The first-order valence-electron chi connectivity index (χ1n) is 11.2. The molecule has 1 amide bonds. The molecule has 1 aromatic carbocycles. The number of likely N-dealkylation sites (N-methyl/N-ethyl adjacent to an activating group) is 1. The third-order valence-electron chi connectivity index (χ3n) is 6.14. The van der Waals surface area contributed by atoms with Crippen molar-refractivity contribution >= 4 is 40.4 Å². The van der Waals surface area contributed by atoms with Crippen molar-refractivity contribution in [3.63, 3.8) is 0 Å². The highest BCUT2D eigenvalue weighted by Gasteiger charge is 2.23. The first-order chi connectivity index (χ1) is 15.5. The second kappa shape index (κ2) is 10.2. The lowest BCUT2D eigenvalue weighted by Gasteiger charge is -2.35. The van der Waals surface area contributed by atoms with Crippen LogP contribution in [0.5, 0.6) is 0 Å². The molecule has 0 aliphatic carbocycles. The predicted molar refractivity (Wildman–Crippen MR) is 132 cm³/mol. The summed E-state index contributed by atoms with van der Waals surface area (Å²) in [6.07, 6.45) is 4.93. The van der Waals surface area contributed by atoms with Gasteiger partial charge < -0.3 is 25.3 Å². The van der Waals surface area contributed by atoms with Gasteiger partial charge in [-0.1, -0.05) is 18.2 Å². The van der Waals surface area contributed by atoms with Crippen LogP contribution in [0.3, 0.4) is 0 Å². The molecule has 1 aromatic heterocycles. The fourth-order valence-corrected chi connectivity index (χ4v) is 4.50. The van der Waals surface area contributed by atoms with E-state index in [9.17, 15) is 4.79 Å². The van der Waals surface area contributed by atoms with E-state index in [2.05, 4.69) is 68.2 Å². The molecule has 2 N–H and O–H groups in total. The van der Waals surface area contributed by atoms with Gasteiger partial charge in [0, 0.05) is 62.8 Å². The van der Waals surface area contributed by atoms with Crippen molar-refractivity contribution in [1.29, 1.82) is 0 Å². The Bertz CT molecular complexity index is 942.